The van der Waals surface area contributed by atoms with Gasteiger partial charge in [0, 0.05) is 5.69 Å². The molecule has 5 nitrogen and oxygen atoms in total. The van der Waals surface area contributed by atoms with Crippen molar-refractivity contribution in [1.82, 2.24) is 0 Å². The van der Waals surface area contributed by atoms with Gasteiger partial charge < -0.3 is 15.5 Å². The smallest absolute Gasteiger partial charge is 0.335 e. The quantitative estimate of drug-likeness (QED) is 0.684. The number of aromatic carboxylic acids is 1. The van der Waals surface area contributed by atoms with Crippen molar-refractivity contribution in [2.45, 2.75) is 48.0 Å². The molecular weight excluding hydrogens is 342 g/mol. The maximum Gasteiger partial charge on any atom is 0.335 e. The van der Waals surface area contributed by atoms with Crippen LogP contribution in [0.3, 0.4) is 0 Å². The van der Waals surface area contributed by atoms with Gasteiger partial charge in [-0.2, -0.15) is 0 Å². The number of rotatable bonds is 3. The first-order valence-corrected chi connectivity index (χ1v) is 9.04. The molecule has 146 valence electrons. The van der Waals surface area contributed by atoms with Gasteiger partial charge in [-0.3, -0.25) is 4.79 Å². The molecule has 1 aromatic rings. The van der Waals surface area contributed by atoms with E-state index in [9.17, 15) is 14.7 Å². The average molecular weight is 371 g/mol. The molecule has 5 heteroatoms. The van der Waals surface area contributed by atoms with Crippen molar-refractivity contribution in [2.75, 3.05) is 5.32 Å². The Balaban J connectivity index is 2.39. The number of carboxylic acids is 1. The number of hydrogen-bond donors (Lipinski definition) is 3. The predicted octanol–water partition coefficient (Wildman–Crippen LogP) is 5.17. The summed E-state index contributed by atoms with van der Waals surface area (Å²) >= 11 is 0. The van der Waals surface area contributed by atoms with E-state index in [1.165, 1.54) is 12.1 Å². The molecule has 0 aliphatic heterocycles. The third-order valence-electron chi connectivity index (χ3n) is 5.33. The van der Waals surface area contributed by atoms with Gasteiger partial charge in [0.2, 0.25) is 5.91 Å². The highest BCUT2D eigenvalue weighted by Crippen LogP contribution is 2.51. The van der Waals surface area contributed by atoms with Gasteiger partial charge in [0.15, 0.2) is 0 Å². The fourth-order valence-electron chi connectivity index (χ4n) is 3.35. The van der Waals surface area contributed by atoms with Gasteiger partial charge in [-0.25, -0.2) is 4.79 Å². The van der Waals surface area contributed by atoms with E-state index >= 15 is 0 Å². The Morgan fingerprint density at radius 3 is 2.04 bits per heavy atom. The topological polar surface area (TPSA) is 86.6 Å². The minimum atomic E-state index is -1.01. The lowest BCUT2D eigenvalue weighted by atomic mass is 9.59. The van der Waals surface area contributed by atoms with Crippen LogP contribution >= 0.6 is 0 Å². The minimum absolute atomic E-state index is 0.166. The molecule has 1 amide bonds. The number of carbonyl (C=O) groups is 2. The van der Waals surface area contributed by atoms with E-state index in [4.69, 9.17) is 5.11 Å². The van der Waals surface area contributed by atoms with E-state index in [1.54, 1.807) is 24.3 Å². The molecular formula is C22H29NO4. The fraction of sp³-hybridized carbons (Fsp3) is 0.455. The van der Waals surface area contributed by atoms with Crippen molar-refractivity contribution in [1.29, 1.82) is 0 Å². The summed E-state index contributed by atoms with van der Waals surface area (Å²) < 4.78 is 0. The number of carbonyl (C=O) groups excluding carboxylic acids is 1. The molecule has 0 aromatic heterocycles. The van der Waals surface area contributed by atoms with Crippen LogP contribution in [0.15, 0.2) is 47.7 Å². The number of nitrogens with one attached hydrogen (secondary N) is 1. The van der Waals surface area contributed by atoms with Gasteiger partial charge in [-0.05, 0) is 53.2 Å². The van der Waals surface area contributed by atoms with Gasteiger partial charge in [0.05, 0.1) is 11.0 Å². The van der Waals surface area contributed by atoms with E-state index in [1.807, 2.05) is 41.5 Å². The number of benzene rings is 1. The summed E-state index contributed by atoms with van der Waals surface area (Å²) in [5.74, 6) is -0.964. The van der Waals surface area contributed by atoms with E-state index in [2.05, 4.69) is 5.32 Å². The zero-order valence-electron chi connectivity index (χ0n) is 16.9. The van der Waals surface area contributed by atoms with Crippen LogP contribution in [0.4, 0.5) is 5.69 Å². The molecule has 0 saturated carbocycles. The van der Waals surface area contributed by atoms with Crippen LogP contribution in [-0.4, -0.2) is 22.1 Å². The SMILES string of the molecule is CC(C)(C)C1=C(O)C=CC(C(=O)Nc2ccc(C(=O)O)cc2)(C(C)(C)C)C1. The van der Waals surface area contributed by atoms with Crippen molar-refractivity contribution in [3.8, 4) is 0 Å². The standard InChI is InChI=1S/C22H29NO4/c1-20(2,3)16-13-22(21(4,5)6,12-11-17(16)24)19(27)23-15-9-7-14(8-10-15)18(25)26/h7-12,24H,13H2,1-6H3,(H,23,27)(H,25,26). The van der Waals surface area contributed by atoms with Crippen LogP contribution in [0.5, 0.6) is 0 Å². The summed E-state index contributed by atoms with van der Waals surface area (Å²) in [5, 5.41) is 22.3. The van der Waals surface area contributed by atoms with Gasteiger partial charge in [-0.1, -0.05) is 47.6 Å². The van der Waals surface area contributed by atoms with Crippen molar-refractivity contribution in [3.63, 3.8) is 0 Å². The van der Waals surface area contributed by atoms with Crippen molar-refractivity contribution in [2.24, 2.45) is 16.2 Å². The third-order valence-corrected chi connectivity index (χ3v) is 5.33. The molecule has 0 spiro atoms. The number of aliphatic hydroxyl groups is 1. The first-order valence-electron chi connectivity index (χ1n) is 9.04. The molecule has 0 radical (unpaired) electrons. The van der Waals surface area contributed by atoms with Crippen LogP contribution in [-0.2, 0) is 4.79 Å². The molecule has 1 aliphatic carbocycles. The Bertz CT molecular complexity index is 804. The molecule has 3 N–H and O–H groups in total. The molecule has 1 aliphatic rings. The van der Waals surface area contributed by atoms with Gasteiger partial charge in [0.1, 0.15) is 5.76 Å². The number of anilines is 1. The lowest BCUT2D eigenvalue weighted by molar-refractivity contribution is -0.128. The maximum atomic E-state index is 13.4. The molecule has 0 saturated heterocycles. The molecule has 0 heterocycles. The highest BCUT2D eigenvalue weighted by molar-refractivity contribution is 5.98. The van der Waals surface area contributed by atoms with Gasteiger partial charge >= 0.3 is 5.97 Å². The Labute approximate surface area is 160 Å². The van der Waals surface area contributed by atoms with Crippen LogP contribution in [0.1, 0.15) is 58.3 Å². The predicted molar refractivity (Wildman–Crippen MR) is 107 cm³/mol. The average Bonchev–Trinajstić information content (AvgIpc) is 2.53. The Kier molecular flexibility index (Phi) is 5.28. The van der Waals surface area contributed by atoms with Crippen LogP contribution in [0.25, 0.3) is 0 Å². The van der Waals surface area contributed by atoms with Gasteiger partial charge in [-0.15, -0.1) is 0 Å². The Morgan fingerprint density at radius 2 is 1.59 bits per heavy atom. The zero-order chi connectivity index (χ0) is 20.6. The highest BCUT2D eigenvalue weighted by Gasteiger charge is 2.49. The number of allylic oxidation sites excluding steroid dienone is 2. The second-order valence-corrected chi connectivity index (χ2v) is 9.18. The summed E-state index contributed by atoms with van der Waals surface area (Å²) in [4.78, 5) is 24.4. The van der Waals surface area contributed by atoms with Gasteiger partial charge in [0.25, 0.3) is 0 Å². The van der Waals surface area contributed by atoms with Crippen LogP contribution < -0.4 is 5.32 Å². The minimum Gasteiger partial charge on any atom is -0.508 e. The number of aliphatic hydroxyl groups excluding tert-OH is 1. The fourth-order valence-corrected chi connectivity index (χ4v) is 3.35. The molecule has 0 bridgehead atoms. The summed E-state index contributed by atoms with van der Waals surface area (Å²) in [6, 6.07) is 6.10. The number of hydrogen-bond acceptors (Lipinski definition) is 3. The second-order valence-electron chi connectivity index (χ2n) is 9.18. The Hall–Kier alpha value is -2.56. The van der Waals surface area contributed by atoms with Crippen LogP contribution in [0, 0.1) is 16.2 Å². The van der Waals surface area contributed by atoms with Crippen LogP contribution in [0.2, 0.25) is 0 Å². The first-order chi connectivity index (χ1) is 12.3. The molecule has 0 fully saturated rings. The second kappa shape index (κ2) is 6.87. The molecule has 1 unspecified atom stereocenters. The lowest BCUT2D eigenvalue weighted by Gasteiger charge is -2.45. The van der Waals surface area contributed by atoms with Crippen molar-refractivity contribution >= 4 is 17.6 Å². The lowest BCUT2D eigenvalue weighted by Crippen LogP contribution is -2.47. The summed E-state index contributed by atoms with van der Waals surface area (Å²) in [5.41, 5.74) is 0.0433. The van der Waals surface area contributed by atoms with Crippen molar-refractivity contribution in [3.05, 3.63) is 53.3 Å². The maximum absolute atomic E-state index is 13.4. The highest BCUT2D eigenvalue weighted by atomic mass is 16.4. The van der Waals surface area contributed by atoms with E-state index in [0.29, 0.717) is 12.1 Å². The zero-order valence-corrected chi connectivity index (χ0v) is 16.9. The third kappa shape index (κ3) is 4.07. The number of amides is 1. The van der Waals surface area contributed by atoms with E-state index in [-0.39, 0.29) is 22.6 Å². The molecule has 27 heavy (non-hydrogen) atoms. The molecule has 2 rings (SSSR count). The molecule has 1 atom stereocenters. The summed E-state index contributed by atoms with van der Waals surface area (Å²) in [7, 11) is 0. The number of carboxylic acid groups (broad SMARTS) is 1. The first kappa shape index (κ1) is 20.7. The largest absolute Gasteiger partial charge is 0.508 e. The normalized spacial score (nSPS) is 20.5. The Morgan fingerprint density at radius 1 is 1.04 bits per heavy atom. The summed E-state index contributed by atoms with van der Waals surface area (Å²) in [6.07, 6.45) is 3.84. The van der Waals surface area contributed by atoms with E-state index < -0.39 is 16.8 Å². The monoisotopic (exact) mass is 371 g/mol. The molecule has 1 aromatic carbocycles. The summed E-state index contributed by atoms with van der Waals surface area (Å²) in [6.45, 7) is 12.1. The van der Waals surface area contributed by atoms with Crippen molar-refractivity contribution < 1.29 is 19.8 Å². The van der Waals surface area contributed by atoms with E-state index in [0.717, 1.165) is 5.57 Å².